The molecule has 0 unspecified atom stereocenters. The standard InChI is InChI=1S/C22H25N5O2/c1-27(14-10-17-8-11-23-12-9-17)22(28)19-16-20(24-13-15-29-2)26-21(25-19)18-6-4-3-5-7-18/h3-9,11-12,16H,10,13-15H2,1-2H3,(H,24,25,26). The fourth-order valence-electron chi connectivity index (χ4n) is 2.79. The van der Waals surface area contributed by atoms with Gasteiger partial charge in [0.1, 0.15) is 11.5 Å². The second-order valence-corrected chi connectivity index (χ2v) is 6.58. The third-order valence-corrected chi connectivity index (χ3v) is 4.42. The first-order valence-electron chi connectivity index (χ1n) is 9.49. The van der Waals surface area contributed by atoms with Crippen molar-refractivity contribution >= 4 is 11.7 Å². The summed E-state index contributed by atoms with van der Waals surface area (Å²) < 4.78 is 5.08. The van der Waals surface area contributed by atoms with E-state index in [0.29, 0.717) is 37.0 Å². The Morgan fingerprint density at radius 3 is 2.59 bits per heavy atom. The summed E-state index contributed by atoms with van der Waals surface area (Å²) in [5, 5.41) is 3.19. The lowest BCUT2D eigenvalue weighted by Crippen LogP contribution is -2.30. The Hall–Kier alpha value is -3.32. The second-order valence-electron chi connectivity index (χ2n) is 6.58. The average molecular weight is 391 g/mol. The highest BCUT2D eigenvalue weighted by Gasteiger charge is 2.17. The van der Waals surface area contributed by atoms with Crippen molar-refractivity contribution in [1.82, 2.24) is 19.9 Å². The van der Waals surface area contributed by atoms with Gasteiger partial charge in [0.05, 0.1) is 6.61 Å². The zero-order chi connectivity index (χ0) is 20.5. The maximum atomic E-state index is 13.0. The first-order chi connectivity index (χ1) is 14.2. The number of nitrogens with one attached hydrogen (secondary N) is 1. The maximum absolute atomic E-state index is 13.0. The van der Waals surface area contributed by atoms with Crippen LogP contribution in [0.5, 0.6) is 0 Å². The Morgan fingerprint density at radius 2 is 1.86 bits per heavy atom. The minimum Gasteiger partial charge on any atom is -0.383 e. The summed E-state index contributed by atoms with van der Waals surface area (Å²) in [4.78, 5) is 27.8. The third-order valence-electron chi connectivity index (χ3n) is 4.42. The van der Waals surface area contributed by atoms with Crippen LogP contribution in [0, 0.1) is 0 Å². The molecule has 0 aliphatic carbocycles. The van der Waals surface area contributed by atoms with E-state index < -0.39 is 0 Å². The molecule has 29 heavy (non-hydrogen) atoms. The van der Waals surface area contributed by atoms with Gasteiger partial charge in [-0.25, -0.2) is 9.97 Å². The fourth-order valence-corrected chi connectivity index (χ4v) is 2.79. The molecule has 7 nitrogen and oxygen atoms in total. The fraction of sp³-hybridized carbons (Fsp3) is 0.273. The molecule has 2 heterocycles. The zero-order valence-electron chi connectivity index (χ0n) is 16.7. The average Bonchev–Trinajstić information content (AvgIpc) is 2.78. The van der Waals surface area contributed by atoms with Crippen LogP contribution in [0.25, 0.3) is 11.4 Å². The van der Waals surface area contributed by atoms with Crippen LogP contribution < -0.4 is 5.32 Å². The number of likely N-dealkylation sites (N-methyl/N-ethyl adjacent to an activating group) is 1. The molecule has 0 fully saturated rings. The normalized spacial score (nSPS) is 10.6. The Balaban J connectivity index is 1.80. The molecule has 0 atom stereocenters. The van der Waals surface area contributed by atoms with E-state index in [1.54, 1.807) is 37.5 Å². The van der Waals surface area contributed by atoms with Gasteiger partial charge in [-0.3, -0.25) is 9.78 Å². The summed E-state index contributed by atoms with van der Waals surface area (Å²) in [7, 11) is 3.43. The number of amides is 1. The van der Waals surface area contributed by atoms with Gasteiger partial charge in [-0.05, 0) is 24.1 Å². The largest absolute Gasteiger partial charge is 0.383 e. The van der Waals surface area contributed by atoms with E-state index in [-0.39, 0.29) is 5.91 Å². The molecule has 0 aliphatic heterocycles. The third kappa shape index (κ3) is 5.83. The van der Waals surface area contributed by atoms with Gasteiger partial charge in [-0.2, -0.15) is 0 Å². The number of hydrogen-bond acceptors (Lipinski definition) is 6. The van der Waals surface area contributed by atoms with Crippen LogP contribution in [0.4, 0.5) is 5.82 Å². The van der Waals surface area contributed by atoms with Gasteiger partial charge in [0.2, 0.25) is 0 Å². The Bertz CT molecular complexity index is 919. The first-order valence-corrected chi connectivity index (χ1v) is 9.49. The number of pyridine rings is 1. The number of ether oxygens (including phenoxy) is 1. The number of rotatable bonds is 9. The van der Waals surface area contributed by atoms with E-state index in [4.69, 9.17) is 4.74 Å². The molecule has 7 heteroatoms. The summed E-state index contributed by atoms with van der Waals surface area (Å²) >= 11 is 0. The molecule has 0 spiro atoms. The monoisotopic (exact) mass is 391 g/mol. The Morgan fingerprint density at radius 1 is 1.10 bits per heavy atom. The molecule has 3 aromatic rings. The van der Waals surface area contributed by atoms with E-state index >= 15 is 0 Å². The molecule has 0 aliphatic rings. The predicted octanol–water partition coefficient (Wildman–Crippen LogP) is 2.91. The van der Waals surface area contributed by atoms with Gasteiger partial charge >= 0.3 is 0 Å². The van der Waals surface area contributed by atoms with Gasteiger partial charge in [0, 0.05) is 51.3 Å². The summed E-state index contributed by atoms with van der Waals surface area (Å²) in [6.45, 7) is 1.72. The number of hydrogen-bond donors (Lipinski definition) is 1. The SMILES string of the molecule is COCCNc1cc(C(=O)N(C)CCc2ccncc2)nc(-c2ccccc2)n1. The van der Waals surface area contributed by atoms with E-state index in [1.165, 1.54) is 0 Å². The number of benzene rings is 1. The molecule has 3 rings (SSSR count). The quantitative estimate of drug-likeness (QED) is 0.565. The molecule has 0 bridgehead atoms. The summed E-state index contributed by atoms with van der Waals surface area (Å²) in [5.74, 6) is 0.967. The van der Waals surface area contributed by atoms with Crippen molar-refractivity contribution in [2.45, 2.75) is 6.42 Å². The molecule has 2 aromatic heterocycles. The van der Waals surface area contributed by atoms with Crippen molar-refractivity contribution in [1.29, 1.82) is 0 Å². The smallest absolute Gasteiger partial charge is 0.272 e. The molecule has 0 saturated heterocycles. The van der Waals surface area contributed by atoms with Crippen LogP contribution >= 0.6 is 0 Å². The number of carbonyl (C=O) groups is 1. The number of anilines is 1. The van der Waals surface area contributed by atoms with E-state index in [2.05, 4.69) is 20.3 Å². The van der Waals surface area contributed by atoms with Crippen LogP contribution in [0.2, 0.25) is 0 Å². The summed E-state index contributed by atoms with van der Waals surface area (Å²) in [6.07, 6.45) is 4.26. The molecule has 150 valence electrons. The molecule has 1 aromatic carbocycles. The molecule has 0 saturated carbocycles. The van der Waals surface area contributed by atoms with Gasteiger partial charge in [0.25, 0.3) is 5.91 Å². The highest BCUT2D eigenvalue weighted by molar-refractivity contribution is 5.93. The Labute approximate surface area is 170 Å². The predicted molar refractivity (Wildman–Crippen MR) is 113 cm³/mol. The molecule has 1 N–H and O–H groups in total. The summed E-state index contributed by atoms with van der Waals surface area (Å²) in [5.41, 5.74) is 2.35. The topological polar surface area (TPSA) is 80.2 Å². The van der Waals surface area contributed by atoms with Crippen molar-refractivity contribution in [2.24, 2.45) is 0 Å². The second kappa shape index (κ2) is 10.3. The van der Waals surface area contributed by atoms with Crippen LogP contribution in [0.3, 0.4) is 0 Å². The lowest BCUT2D eigenvalue weighted by Gasteiger charge is -2.18. The summed E-state index contributed by atoms with van der Waals surface area (Å²) in [6, 6.07) is 15.2. The van der Waals surface area contributed by atoms with Crippen molar-refractivity contribution < 1.29 is 9.53 Å². The van der Waals surface area contributed by atoms with Gasteiger partial charge < -0.3 is 15.0 Å². The van der Waals surface area contributed by atoms with E-state index in [1.807, 2.05) is 42.5 Å². The van der Waals surface area contributed by atoms with Crippen LogP contribution in [0.1, 0.15) is 16.1 Å². The number of methoxy groups -OCH3 is 1. The molecule has 1 amide bonds. The van der Waals surface area contributed by atoms with Gasteiger partial charge in [0.15, 0.2) is 5.82 Å². The van der Waals surface area contributed by atoms with Crippen molar-refractivity contribution in [2.75, 3.05) is 39.2 Å². The van der Waals surface area contributed by atoms with Crippen LogP contribution in [-0.2, 0) is 11.2 Å². The van der Waals surface area contributed by atoms with Crippen molar-refractivity contribution in [3.05, 3.63) is 72.2 Å². The number of carbonyl (C=O) groups excluding carboxylic acids is 1. The lowest BCUT2D eigenvalue weighted by molar-refractivity contribution is 0.0791. The highest BCUT2D eigenvalue weighted by Crippen LogP contribution is 2.18. The van der Waals surface area contributed by atoms with Crippen LogP contribution in [-0.4, -0.2) is 59.6 Å². The maximum Gasteiger partial charge on any atom is 0.272 e. The van der Waals surface area contributed by atoms with Crippen LogP contribution in [0.15, 0.2) is 60.9 Å². The number of aromatic nitrogens is 3. The van der Waals surface area contributed by atoms with Gasteiger partial charge in [-0.15, -0.1) is 0 Å². The minimum absolute atomic E-state index is 0.145. The van der Waals surface area contributed by atoms with E-state index in [9.17, 15) is 4.79 Å². The lowest BCUT2D eigenvalue weighted by atomic mass is 10.2. The first kappa shape index (κ1) is 20.4. The van der Waals surface area contributed by atoms with Crippen molar-refractivity contribution in [3.8, 4) is 11.4 Å². The van der Waals surface area contributed by atoms with Gasteiger partial charge in [-0.1, -0.05) is 30.3 Å². The minimum atomic E-state index is -0.145. The number of nitrogens with zero attached hydrogens (tertiary/aromatic N) is 4. The highest BCUT2D eigenvalue weighted by atomic mass is 16.5. The van der Waals surface area contributed by atoms with Crippen molar-refractivity contribution in [3.63, 3.8) is 0 Å². The molecular weight excluding hydrogens is 366 g/mol. The molecular formula is C22H25N5O2. The van der Waals surface area contributed by atoms with E-state index in [0.717, 1.165) is 17.5 Å². The molecule has 0 radical (unpaired) electrons. The zero-order valence-corrected chi connectivity index (χ0v) is 16.7. The Kier molecular flexibility index (Phi) is 7.24.